The van der Waals surface area contributed by atoms with Gasteiger partial charge in [0.15, 0.2) is 0 Å². The quantitative estimate of drug-likeness (QED) is 0.261. The van der Waals surface area contributed by atoms with Gasteiger partial charge in [0.2, 0.25) is 0 Å². The second-order valence-electron chi connectivity index (χ2n) is 3.27. The minimum absolute atomic E-state index is 0. The molecular formula is C12H24HfN4O8. The molecule has 4 N–H and O–H groups in total. The van der Waals surface area contributed by atoms with Gasteiger partial charge in [-0.25, -0.2) is 0 Å². The summed E-state index contributed by atoms with van der Waals surface area (Å²) in [5.74, 6) is 0. The van der Waals surface area contributed by atoms with E-state index in [2.05, 4.69) is 0 Å². The molecule has 0 aromatic carbocycles. The summed E-state index contributed by atoms with van der Waals surface area (Å²) in [6.45, 7) is 8.44. The average molecular weight is 531 g/mol. The van der Waals surface area contributed by atoms with Gasteiger partial charge in [-0.2, -0.15) is 0 Å². The molecule has 4 amide bonds. The number of rotatable bonds is 4. The molecule has 13 heteroatoms. The molecule has 25 heavy (non-hydrogen) atoms. The summed E-state index contributed by atoms with van der Waals surface area (Å²) in [7, 11) is 0. The van der Waals surface area contributed by atoms with Crippen LogP contribution in [-0.4, -0.2) is 50.6 Å². The topological polar surface area (TPSA) is 209 Å². The minimum atomic E-state index is -1.21. The van der Waals surface area contributed by atoms with E-state index in [0.717, 1.165) is 0 Å². The van der Waals surface area contributed by atoms with Gasteiger partial charge < -0.3 is 60.9 Å². The number of amides is 4. The Morgan fingerprint density at radius 2 is 0.640 bits per heavy atom. The molecule has 0 aliphatic rings. The van der Waals surface area contributed by atoms with Crippen LogP contribution in [0, 0.1) is 0 Å². The first-order valence-electron chi connectivity index (χ1n) is 6.88. The fourth-order valence-corrected chi connectivity index (χ4v) is 0.577. The molecule has 0 fully saturated rings. The summed E-state index contributed by atoms with van der Waals surface area (Å²) in [4.78, 5) is 37.5. The molecule has 12 nitrogen and oxygen atoms in total. The van der Waals surface area contributed by atoms with Gasteiger partial charge in [0.05, 0.1) is 0 Å². The molecule has 0 rings (SSSR count). The van der Waals surface area contributed by atoms with E-state index in [1.54, 1.807) is 27.7 Å². The Balaban J connectivity index is -0.0000000702. The van der Waals surface area contributed by atoms with E-state index in [4.69, 9.17) is 0 Å². The predicted octanol–water partition coefficient (Wildman–Crippen LogP) is -4.25. The Morgan fingerprint density at radius 3 is 0.640 bits per heavy atom. The molecule has 0 saturated carbocycles. The van der Waals surface area contributed by atoms with Crippen molar-refractivity contribution in [3.05, 3.63) is 0 Å². The van der Waals surface area contributed by atoms with Crippen molar-refractivity contribution in [3.63, 3.8) is 0 Å². The summed E-state index contributed by atoms with van der Waals surface area (Å²) < 4.78 is 0. The van der Waals surface area contributed by atoms with Crippen LogP contribution in [0.1, 0.15) is 27.7 Å². The van der Waals surface area contributed by atoms with Crippen LogP contribution in [0.25, 0.3) is 0 Å². The minimum Gasteiger partial charge on any atom is -0.530 e. The normalized spacial score (nSPS) is 7.20. The van der Waals surface area contributed by atoms with Crippen molar-refractivity contribution in [2.24, 2.45) is 0 Å². The smallest absolute Gasteiger partial charge is 0.530 e. The molecule has 0 bridgehead atoms. The Labute approximate surface area is 165 Å². The van der Waals surface area contributed by atoms with E-state index in [0.29, 0.717) is 26.2 Å². The van der Waals surface area contributed by atoms with Crippen LogP contribution >= 0.6 is 0 Å². The second-order valence-corrected chi connectivity index (χ2v) is 3.27. The van der Waals surface area contributed by atoms with Crippen molar-refractivity contribution in [1.29, 1.82) is 0 Å². The fourth-order valence-electron chi connectivity index (χ4n) is 0.577. The van der Waals surface area contributed by atoms with Gasteiger partial charge in [0.25, 0.3) is 0 Å². The molecule has 0 aliphatic heterocycles. The maximum absolute atomic E-state index is 9.38. The zero-order chi connectivity index (χ0) is 20.0. The van der Waals surface area contributed by atoms with E-state index in [-0.39, 0.29) is 25.8 Å². The van der Waals surface area contributed by atoms with Crippen LogP contribution in [0.2, 0.25) is 0 Å². The van der Waals surface area contributed by atoms with Gasteiger partial charge in [0, 0.05) is 26.2 Å². The predicted molar refractivity (Wildman–Crippen MR) is 76.3 cm³/mol. The Bertz CT molecular complexity index is 281. The Kier molecular flexibility index (Phi) is 41.0. The first-order chi connectivity index (χ1) is 11.1. The van der Waals surface area contributed by atoms with Crippen LogP contribution in [0.15, 0.2) is 0 Å². The molecule has 0 radical (unpaired) electrons. The summed E-state index contributed by atoms with van der Waals surface area (Å²) >= 11 is 0. The monoisotopic (exact) mass is 532 g/mol. The van der Waals surface area contributed by atoms with Crippen molar-refractivity contribution in [3.8, 4) is 0 Å². The largest absolute Gasteiger partial charge is 4.00 e. The number of hydrogen-bond acceptors (Lipinski definition) is 8. The molecule has 0 aromatic heterocycles. The van der Waals surface area contributed by atoms with Crippen LogP contribution in [0.3, 0.4) is 0 Å². The molecule has 0 heterocycles. The molecule has 0 unspecified atom stereocenters. The second kappa shape index (κ2) is 29.9. The summed E-state index contributed by atoms with van der Waals surface area (Å²) in [5.41, 5.74) is 0. The van der Waals surface area contributed by atoms with Gasteiger partial charge >= 0.3 is 25.8 Å². The maximum atomic E-state index is 9.38. The molecule has 144 valence electrons. The SMILES string of the molecule is CCNC(=O)[O-].CCNC(=O)[O-].CCNC(=O)[O-].CCNC(=O)[O-].[Hf+4]. The zero-order valence-corrected chi connectivity index (χ0v) is 18.2. The van der Waals surface area contributed by atoms with Crippen molar-refractivity contribution < 1.29 is 65.4 Å². The van der Waals surface area contributed by atoms with E-state index in [1.165, 1.54) is 0 Å². The third-order valence-electron chi connectivity index (χ3n) is 1.28. The van der Waals surface area contributed by atoms with Crippen molar-refractivity contribution in [1.82, 2.24) is 21.3 Å². The van der Waals surface area contributed by atoms with E-state index in [1.807, 2.05) is 21.3 Å². The first-order valence-corrected chi connectivity index (χ1v) is 6.88. The van der Waals surface area contributed by atoms with Crippen LogP contribution in [-0.2, 0) is 25.8 Å². The van der Waals surface area contributed by atoms with E-state index in [9.17, 15) is 39.6 Å². The number of carbonyl (C=O) groups is 4. The van der Waals surface area contributed by atoms with Gasteiger partial charge in [0.1, 0.15) is 24.4 Å². The third-order valence-corrected chi connectivity index (χ3v) is 1.28. The number of hydrogen-bond donors (Lipinski definition) is 4. The van der Waals surface area contributed by atoms with E-state index >= 15 is 0 Å². The van der Waals surface area contributed by atoms with Crippen LogP contribution in [0.4, 0.5) is 19.2 Å². The number of nitrogens with one attached hydrogen (secondary N) is 4. The van der Waals surface area contributed by atoms with Gasteiger partial charge in [-0.1, -0.05) is 0 Å². The molecule has 0 spiro atoms. The van der Waals surface area contributed by atoms with Crippen molar-refractivity contribution >= 4 is 24.4 Å². The third kappa shape index (κ3) is 88.2. The van der Waals surface area contributed by atoms with Gasteiger partial charge in [-0.15, -0.1) is 0 Å². The Hall–Kier alpha value is -2.05. The van der Waals surface area contributed by atoms with Crippen molar-refractivity contribution in [2.75, 3.05) is 26.2 Å². The maximum Gasteiger partial charge on any atom is 4.00 e. The van der Waals surface area contributed by atoms with Crippen LogP contribution in [0.5, 0.6) is 0 Å². The molecule has 0 aliphatic carbocycles. The molecule has 0 saturated heterocycles. The summed E-state index contributed by atoms with van der Waals surface area (Å²) in [6, 6.07) is 0. The standard InChI is InChI=1S/4C3H7NO2.Hf/c4*1-2-4-3(5)6;/h4*4H,2H2,1H3,(H,5,6);/q;;;;+4/p-4. The molecule has 0 aromatic rings. The number of carboxylic acid groups (broad SMARTS) is 4. The zero-order valence-electron chi connectivity index (χ0n) is 14.6. The first kappa shape index (κ1) is 34.3. The van der Waals surface area contributed by atoms with Gasteiger partial charge in [-0.05, 0) is 27.7 Å². The van der Waals surface area contributed by atoms with Crippen molar-refractivity contribution in [2.45, 2.75) is 27.7 Å². The Morgan fingerprint density at radius 1 is 0.520 bits per heavy atom. The summed E-state index contributed by atoms with van der Waals surface area (Å²) in [5, 5.41) is 45.6. The fraction of sp³-hybridized carbons (Fsp3) is 0.667. The molecule has 0 atom stereocenters. The number of carbonyl (C=O) groups excluding carboxylic acids is 4. The van der Waals surface area contributed by atoms with Crippen LogP contribution < -0.4 is 41.7 Å². The van der Waals surface area contributed by atoms with Gasteiger partial charge in [-0.3, -0.25) is 0 Å². The summed E-state index contributed by atoms with van der Waals surface area (Å²) in [6.07, 6.45) is -4.84. The average Bonchev–Trinajstić information content (AvgIpc) is 2.39. The molecular weight excluding hydrogens is 507 g/mol. The van der Waals surface area contributed by atoms with E-state index < -0.39 is 24.4 Å².